The highest BCUT2D eigenvalue weighted by molar-refractivity contribution is 7.19. The summed E-state index contributed by atoms with van der Waals surface area (Å²) in [6, 6.07) is 7.63. The molecule has 1 heterocycles. The monoisotopic (exact) mass is 276 g/mol. The van der Waals surface area contributed by atoms with Gasteiger partial charge in [0.25, 0.3) is 5.91 Å². The van der Waals surface area contributed by atoms with Gasteiger partial charge in [-0.15, -0.1) is 0 Å². The Hall–Kier alpha value is -2.08. The average Bonchev–Trinajstić information content (AvgIpc) is 2.74. The number of nitrogens with one attached hydrogen (secondary N) is 2. The SMILES string of the molecule is CC(C)Nc1ccccc1C(=O)Nc1ncc(N)s1. The van der Waals surface area contributed by atoms with Gasteiger partial charge in [0.1, 0.15) is 5.00 Å². The smallest absolute Gasteiger partial charge is 0.259 e. The summed E-state index contributed by atoms with van der Waals surface area (Å²) in [5.74, 6) is -0.196. The normalized spacial score (nSPS) is 10.5. The number of amides is 1. The molecule has 1 amide bonds. The summed E-state index contributed by atoms with van der Waals surface area (Å²) in [5, 5.41) is 7.06. The van der Waals surface area contributed by atoms with E-state index in [-0.39, 0.29) is 11.9 Å². The van der Waals surface area contributed by atoms with Crippen LogP contribution in [0.2, 0.25) is 0 Å². The average molecular weight is 276 g/mol. The van der Waals surface area contributed by atoms with Crippen molar-refractivity contribution in [2.24, 2.45) is 0 Å². The van der Waals surface area contributed by atoms with Crippen LogP contribution in [-0.4, -0.2) is 16.9 Å². The largest absolute Gasteiger partial charge is 0.389 e. The molecule has 0 aliphatic rings. The molecule has 0 fully saturated rings. The van der Waals surface area contributed by atoms with Crippen molar-refractivity contribution < 1.29 is 4.79 Å². The Bertz CT molecular complexity index is 580. The van der Waals surface area contributed by atoms with E-state index in [0.717, 1.165) is 5.69 Å². The lowest BCUT2D eigenvalue weighted by Gasteiger charge is -2.13. The summed E-state index contributed by atoms with van der Waals surface area (Å²) >= 11 is 1.24. The van der Waals surface area contributed by atoms with Crippen molar-refractivity contribution in [3.8, 4) is 0 Å². The van der Waals surface area contributed by atoms with Gasteiger partial charge in [-0.3, -0.25) is 10.1 Å². The van der Waals surface area contributed by atoms with Crippen LogP contribution < -0.4 is 16.4 Å². The van der Waals surface area contributed by atoms with Crippen molar-refractivity contribution in [3.05, 3.63) is 36.0 Å². The lowest BCUT2D eigenvalue weighted by Crippen LogP contribution is -2.17. The van der Waals surface area contributed by atoms with Gasteiger partial charge >= 0.3 is 0 Å². The summed E-state index contributed by atoms with van der Waals surface area (Å²) in [4.78, 5) is 16.2. The maximum atomic E-state index is 12.2. The fourth-order valence-electron chi connectivity index (χ4n) is 1.63. The molecule has 4 N–H and O–H groups in total. The molecule has 2 rings (SSSR count). The number of hydrogen-bond acceptors (Lipinski definition) is 5. The molecule has 0 spiro atoms. The van der Waals surface area contributed by atoms with Gasteiger partial charge in [-0.25, -0.2) is 4.98 Å². The first kappa shape index (κ1) is 13.4. The first-order chi connectivity index (χ1) is 9.06. The van der Waals surface area contributed by atoms with Crippen LogP contribution in [0.4, 0.5) is 15.8 Å². The van der Waals surface area contributed by atoms with E-state index in [4.69, 9.17) is 5.73 Å². The molecular weight excluding hydrogens is 260 g/mol. The molecule has 0 unspecified atom stereocenters. The van der Waals surface area contributed by atoms with Crippen LogP contribution >= 0.6 is 11.3 Å². The molecule has 0 atom stereocenters. The summed E-state index contributed by atoms with van der Waals surface area (Å²) in [6.45, 7) is 4.05. The highest BCUT2D eigenvalue weighted by Gasteiger charge is 2.13. The number of benzene rings is 1. The van der Waals surface area contributed by atoms with Crippen molar-refractivity contribution in [1.82, 2.24) is 4.98 Å². The van der Waals surface area contributed by atoms with Crippen LogP contribution in [0.3, 0.4) is 0 Å². The van der Waals surface area contributed by atoms with Gasteiger partial charge in [0.15, 0.2) is 5.13 Å². The molecule has 1 aromatic heterocycles. The van der Waals surface area contributed by atoms with E-state index in [1.54, 1.807) is 6.07 Å². The Morgan fingerprint density at radius 1 is 1.37 bits per heavy atom. The number of aromatic nitrogens is 1. The Balaban J connectivity index is 2.18. The molecule has 0 bridgehead atoms. The molecule has 0 saturated heterocycles. The molecular formula is C13H16N4OS. The van der Waals surface area contributed by atoms with Gasteiger partial charge < -0.3 is 11.1 Å². The summed E-state index contributed by atoms with van der Waals surface area (Å²) in [5.41, 5.74) is 6.97. The topological polar surface area (TPSA) is 80.0 Å². The van der Waals surface area contributed by atoms with Gasteiger partial charge in [-0.1, -0.05) is 23.5 Å². The van der Waals surface area contributed by atoms with Crippen molar-refractivity contribution >= 4 is 33.1 Å². The number of nitrogens with two attached hydrogens (primary N) is 1. The number of carbonyl (C=O) groups is 1. The lowest BCUT2D eigenvalue weighted by molar-refractivity contribution is 0.102. The molecule has 0 aliphatic carbocycles. The van der Waals surface area contributed by atoms with E-state index in [1.165, 1.54) is 17.5 Å². The van der Waals surface area contributed by atoms with Crippen LogP contribution in [0.25, 0.3) is 0 Å². The maximum absolute atomic E-state index is 12.2. The van der Waals surface area contributed by atoms with E-state index >= 15 is 0 Å². The third kappa shape index (κ3) is 3.45. The van der Waals surface area contributed by atoms with Gasteiger partial charge in [0.2, 0.25) is 0 Å². The minimum absolute atomic E-state index is 0.196. The summed E-state index contributed by atoms with van der Waals surface area (Å²) in [6.07, 6.45) is 1.53. The molecule has 5 nitrogen and oxygen atoms in total. The third-order valence-corrected chi connectivity index (χ3v) is 3.10. The van der Waals surface area contributed by atoms with E-state index in [9.17, 15) is 4.79 Å². The second kappa shape index (κ2) is 5.71. The van der Waals surface area contributed by atoms with Gasteiger partial charge in [-0.2, -0.15) is 0 Å². The number of thiazole rings is 1. The predicted molar refractivity (Wildman–Crippen MR) is 79.7 cm³/mol. The zero-order valence-corrected chi connectivity index (χ0v) is 11.6. The van der Waals surface area contributed by atoms with Gasteiger partial charge in [0, 0.05) is 11.7 Å². The van der Waals surface area contributed by atoms with Gasteiger partial charge in [0.05, 0.1) is 11.8 Å². The Kier molecular flexibility index (Phi) is 4.01. The van der Waals surface area contributed by atoms with Crippen LogP contribution in [0.5, 0.6) is 0 Å². The molecule has 0 radical (unpaired) electrons. The van der Waals surface area contributed by atoms with Gasteiger partial charge in [-0.05, 0) is 26.0 Å². The number of carbonyl (C=O) groups excluding carboxylic acids is 1. The molecule has 0 saturated carbocycles. The highest BCUT2D eigenvalue weighted by atomic mass is 32.1. The maximum Gasteiger partial charge on any atom is 0.259 e. The minimum Gasteiger partial charge on any atom is -0.389 e. The Morgan fingerprint density at radius 2 is 2.11 bits per heavy atom. The van der Waals surface area contributed by atoms with E-state index in [2.05, 4.69) is 15.6 Å². The van der Waals surface area contributed by atoms with Crippen molar-refractivity contribution in [1.29, 1.82) is 0 Å². The second-order valence-corrected chi connectivity index (χ2v) is 5.43. The fourth-order valence-corrected chi connectivity index (χ4v) is 2.20. The molecule has 6 heteroatoms. The zero-order chi connectivity index (χ0) is 13.8. The number of para-hydroxylation sites is 1. The Morgan fingerprint density at radius 3 is 2.74 bits per heavy atom. The Labute approximate surface area is 115 Å². The first-order valence-electron chi connectivity index (χ1n) is 5.94. The van der Waals surface area contributed by atoms with Crippen LogP contribution in [0.15, 0.2) is 30.5 Å². The van der Waals surface area contributed by atoms with Crippen LogP contribution in [0, 0.1) is 0 Å². The summed E-state index contributed by atoms with van der Waals surface area (Å²) < 4.78 is 0. The van der Waals surface area contributed by atoms with Crippen molar-refractivity contribution in [2.75, 3.05) is 16.4 Å². The quantitative estimate of drug-likeness (QED) is 0.802. The van der Waals surface area contributed by atoms with Crippen molar-refractivity contribution in [3.63, 3.8) is 0 Å². The first-order valence-corrected chi connectivity index (χ1v) is 6.76. The fraction of sp³-hybridized carbons (Fsp3) is 0.231. The number of nitrogens with zero attached hydrogens (tertiary/aromatic N) is 1. The standard InChI is InChI=1S/C13H16N4OS/c1-8(2)16-10-6-4-3-5-9(10)12(18)17-13-15-7-11(14)19-13/h3-8,16H,14H2,1-2H3,(H,15,17,18). The van der Waals surface area contributed by atoms with Crippen LogP contribution in [-0.2, 0) is 0 Å². The third-order valence-electron chi connectivity index (χ3n) is 2.36. The second-order valence-electron chi connectivity index (χ2n) is 4.37. The lowest BCUT2D eigenvalue weighted by atomic mass is 10.1. The zero-order valence-electron chi connectivity index (χ0n) is 10.8. The predicted octanol–water partition coefficient (Wildman–Crippen LogP) is 2.80. The molecule has 19 heavy (non-hydrogen) atoms. The van der Waals surface area contributed by atoms with E-state index in [1.807, 2.05) is 32.0 Å². The number of anilines is 3. The molecule has 100 valence electrons. The van der Waals surface area contributed by atoms with Crippen molar-refractivity contribution in [2.45, 2.75) is 19.9 Å². The number of rotatable bonds is 4. The number of nitrogen functional groups attached to an aromatic ring is 1. The number of hydrogen-bond donors (Lipinski definition) is 3. The highest BCUT2D eigenvalue weighted by Crippen LogP contribution is 2.22. The summed E-state index contributed by atoms with van der Waals surface area (Å²) in [7, 11) is 0. The van der Waals surface area contributed by atoms with Crippen LogP contribution in [0.1, 0.15) is 24.2 Å². The van der Waals surface area contributed by atoms with E-state index < -0.39 is 0 Å². The molecule has 2 aromatic rings. The molecule has 0 aliphatic heterocycles. The molecule has 1 aromatic carbocycles. The van der Waals surface area contributed by atoms with E-state index in [0.29, 0.717) is 15.7 Å². The minimum atomic E-state index is -0.196.